The van der Waals surface area contributed by atoms with E-state index >= 15 is 0 Å². The molecule has 0 unspecified atom stereocenters. The van der Waals surface area contributed by atoms with Gasteiger partial charge in [0.25, 0.3) is 0 Å². The number of benzene rings is 2. The summed E-state index contributed by atoms with van der Waals surface area (Å²) in [4.78, 5) is 4.67. The van der Waals surface area contributed by atoms with Crippen molar-refractivity contribution < 1.29 is 9.57 Å². The summed E-state index contributed by atoms with van der Waals surface area (Å²) in [6, 6.07) is 12.5. The molecule has 3 nitrogen and oxygen atoms in total. The number of hydrogen-bond acceptors (Lipinski definition) is 3. The maximum absolute atomic E-state index is 6.05. The van der Waals surface area contributed by atoms with Gasteiger partial charge in [-0.3, -0.25) is 0 Å². The number of halogens is 3. The first-order chi connectivity index (χ1) is 10.1. The summed E-state index contributed by atoms with van der Waals surface area (Å²) in [5, 5.41) is 5.08. The molecule has 2 aromatic rings. The summed E-state index contributed by atoms with van der Waals surface area (Å²) >= 11 is 17.9. The Morgan fingerprint density at radius 3 is 2.38 bits per heavy atom. The molecule has 0 spiro atoms. The van der Waals surface area contributed by atoms with E-state index in [-0.39, 0.29) is 5.17 Å². The minimum Gasteiger partial charge on any atom is -0.488 e. The Morgan fingerprint density at radius 2 is 1.71 bits per heavy atom. The zero-order valence-electron chi connectivity index (χ0n) is 11.1. The van der Waals surface area contributed by atoms with Crippen LogP contribution in [-0.4, -0.2) is 12.3 Å². The molecule has 0 bridgehead atoms. The van der Waals surface area contributed by atoms with E-state index in [1.54, 1.807) is 18.2 Å². The molecular weight excluding hydrogens is 333 g/mol. The molecule has 0 N–H and O–H groups in total. The van der Waals surface area contributed by atoms with Crippen LogP contribution >= 0.6 is 34.8 Å². The van der Waals surface area contributed by atoms with E-state index in [2.05, 4.69) is 9.99 Å². The zero-order chi connectivity index (χ0) is 15.2. The largest absolute Gasteiger partial charge is 0.488 e. The minimum atomic E-state index is 0.172. The molecule has 0 heterocycles. The smallest absolute Gasteiger partial charge is 0.179 e. The SMILES string of the molecule is CON=C(Cl)c1cc(Cl)ccc1OCc1ccc(Cl)cc1. The van der Waals surface area contributed by atoms with Gasteiger partial charge in [0.2, 0.25) is 0 Å². The van der Waals surface area contributed by atoms with Gasteiger partial charge in [0.05, 0.1) is 5.56 Å². The van der Waals surface area contributed by atoms with Crippen molar-refractivity contribution in [1.82, 2.24) is 0 Å². The summed E-state index contributed by atoms with van der Waals surface area (Å²) in [6.07, 6.45) is 0. The van der Waals surface area contributed by atoms with Gasteiger partial charge < -0.3 is 9.57 Å². The van der Waals surface area contributed by atoms with E-state index < -0.39 is 0 Å². The van der Waals surface area contributed by atoms with Gasteiger partial charge in [-0.25, -0.2) is 0 Å². The van der Waals surface area contributed by atoms with Crippen LogP contribution in [0.15, 0.2) is 47.6 Å². The predicted octanol–water partition coefficient (Wildman–Crippen LogP) is 5.12. The summed E-state index contributed by atoms with van der Waals surface area (Å²) in [7, 11) is 1.42. The van der Waals surface area contributed by atoms with E-state index in [0.29, 0.717) is 28.0 Å². The fourth-order valence-electron chi connectivity index (χ4n) is 1.66. The first kappa shape index (κ1) is 16.0. The van der Waals surface area contributed by atoms with Crippen molar-refractivity contribution in [3.05, 3.63) is 63.6 Å². The molecule has 0 aliphatic rings. The van der Waals surface area contributed by atoms with Crippen LogP contribution in [0.25, 0.3) is 0 Å². The van der Waals surface area contributed by atoms with E-state index in [1.165, 1.54) is 7.11 Å². The third-order valence-electron chi connectivity index (χ3n) is 2.64. The molecule has 2 rings (SSSR count). The molecule has 0 saturated carbocycles. The standard InChI is InChI=1S/C15H12Cl3NO2/c1-20-19-15(18)13-8-12(17)6-7-14(13)21-9-10-2-4-11(16)5-3-10/h2-8H,9H2,1H3. The van der Waals surface area contributed by atoms with Gasteiger partial charge in [-0.05, 0) is 35.9 Å². The minimum absolute atomic E-state index is 0.172. The number of nitrogens with zero attached hydrogens (tertiary/aromatic N) is 1. The van der Waals surface area contributed by atoms with Crippen molar-refractivity contribution in [2.45, 2.75) is 6.61 Å². The van der Waals surface area contributed by atoms with Gasteiger partial charge in [0.15, 0.2) is 5.17 Å². The molecule has 2 aromatic carbocycles. The van der Waals surface area contributed by atoms with Crippen molar-refractivity contribution in [3.8, 4) is 5.75 Å². The molecule has 0 aliphatic carbocycles. The highest BCUT2D eigenvalue weighted by Gasteiger charge is 2.11. The lowest BCUT2D eigenvalue weighted by Gasteiger charge is -2.11. The molecule has 0 amide bonds. The van der Waals surface area contributed by atoms with Gasteiger partial charge in [-0.15, -0.1) is 0 Å². The Balaban J connectivity index is 2.19. The monoisotopic (exact) mass is 343 g/mol. The van der Waals surface area contributed by atoms with Gasteiger partial charge in [-0.1, -0.05) is 52.1 Å². The summed E-state index contributed by atoms with van der Waals surface area (Å²) in [5.41, 5.74) is 1.56. The highest BCUT2D eigenvalue weighted by molar-refractivity contribution is 6.69. The van der Waals surface area contributed by atoms with Crippen LogP contribution in [0.4, 0.5) is 0 Å². The van der Waals surface area contributed by atoms with E-state index in [4.69, 9.17) is 39.5 Å². The lowest BCUT2D eigenvalue weighted by atomic mass is 10.2. The molecule has 0 fully saturated rings. The van der Waals surface area contributed by atoms with Crippen molar-refractivity contribution in [2.24, 2.45) is 5.16 Å². The van der Waals surface area contributed by atoms with E-state index in [1.807, 2.05) is 24.3 Å². The molecule has 0 atom stereocenters. The number of hydrogen-bond donors (Lipinski definition) is 0. The van der Waals surface area contributed by atoms with Gasteiger partial charge in [0, 0.05) is 10.0 Å². The second kappa shape index (κ2) is 7.55. The van der Waals surface area contributed by atoms with Gasteiger partial charge in [0.1, 0.15) is 19.5 Å². The van der Waals surface area contributed by atoms with Crippen LogP contribution in [-0.2, 0) is 11.4 Å². The molecule has 0 aromatic heterocycles. The first-order valence-corrected chi connectivity index (χ1v) is 7.17. The summed E-state index contributed by atoms with van der Waals surface area (Å²) in [5.74, 6) is 0.570. The Bertz CT molecular complexity index is 642. The number of ether oxygens (including phenoxy) is 1. The quantitative estimate of drug-likeness (QED) is 0.557. The van der Waals surface area contributed by atoms with Crippen LogP contribution < -0.4 is 4.74 Å². The highest BCUT2D eigenvalue weighted by atomic mass is 35.5. The number of rotatable bonds is 5. The van der Waals surface area contributed by atoms with Crippen molar-refractivity contribution in [3.63, 3.8) is 0 Å². The second-order valence-electron chi connectivity index (χ2n) is 4.12. The number of oxime groups is 1. The maximum Gasteiger partial charge on any atom is 0.179 e. The van der Waals surface area contributed by atoms with E-state index in [9.17, 15) is 0 Å². The second-order valence-corrected chi connectivity index (χ2v) is 5.35. The molecule has 0 radical (unpaired) electrons. The predicted molar refractivity (Wildman–Crippen MR) is 86.6 cm³/mol. The average molecular weight is 345 g/mol. The third-order valence-corrected chi connectivity index (χ3v) is 3.40. The molecule has 21 heavy (non-hydrogen) atoms. The maximum atomic E-state index is 6.05. The summed E-state index contributed by atoms with van der Waals surface area (Å²) < 4.78 is 5.76. The summed E-state index contributed by atoms with van der Waals surface area (Å²) in [6.45, 7) is 0.378. The average Bonchev–Trinajstić information content (AvgIpc) is 2.48. The fraction of sp³-hybridized carbons (Fsp3) is 0.133. The fourth-order valence-corrected chi connectivity index (χ4v) is 2.18. The highest BCUT2D eigenvalue weighted by Crippen LogP contribution is 2.26. The van der Waals surface area contributed by atoms with Gasteiger partial charge in [-0.2, -0.15) is 0 Å². The lowest BCUT2D eigenvalue weighted by molar-refractivity contribution is 0.214. The Morgan fingerprint density at radius 1 is 1.05 bits per heavy atom. The van der Waals surface area contributed by atoms with Crippen molar-refractivity contribution >= 4 is 40.0 Å². The third kappa shape index (κ3) is 4.53. The van der Waals surface area contributed by atoms with Crippen molar-refractivity contribution in [2.75, 3.05) is 7.11 Å². The van der Waals surface area contributed by atoms with Crippen LogP contribution in [0.3, 0.4) is 0 Å². The molecule has 0 saturated heterocycles. The van der Waals surface area contributed by atoms with Crippen LogP contribution in [0.5, 0.6) is 5.75 Å². The Kier molecular flexibility index (Phi) is 5.74. The Hall–Kier alpha value is -1.42. The first-order valence-electron chi connectivity index (χ1n) is 6.04. The zero-order valence-corrected chi connectivity index (χ0v) is 13.4. The molecule has 6 heteroatoms. The molecule has 0 aliphatic heterocycles. The Labute approximate surface area is 138 Å². The molecule has 110 valence electrons. The topological polar surface area (TPSA) is 30.8 Å². The van der Waals surface area contributed by atoms with Gasteiger partial charge >= 0.3 is 0 Å². The molecular formula is C15H12Cl3NO2. The van der Waals surface area contributed by atoms with Crippen LogP contribution in [0, 0.1) is 0 Å². The lowest BCUT2D eigenvalue weighted by Crippen LogP contribution is -2.01. The van der Waals surface area contributed by atoms with E-state index in [0.717, 1.165) is 5.56 Å². The van der Waals surface area contributed by atoms with Crippen molar-refractivity contribution in [1.29, 1.82) is 0 Å². The normalized spacial score (nSPS) is 11.3. The van der Waals surface area contributed by atoms with Crippen LogP contribution in [0.2, 0.25) is 10.0 Å². The van der Waals surface area contributed by atoms with Crippen LogP contribution in [0.1, 0.15) is 11.1 Å².